The normalized spacial score (nSPS) is 11.2. The molecule has 0 aliphatic heterocycles. The number of hydrogen-bond donors (Lipinski definition) is 0. The maximum Gasteiger partial charge on any atom is 0.270 e. The van der Waals surface area contributed by atoms with Gasteiger partial charge >= 0.3 is 0 Å². The average molecular weight is 352 g/mol. The number of nitro benzene ring substituents is 1. The Balaban J connectivity index is 1.79. The summed E-state index contributed by atoms with van der Waals surface area (Å²) in [5.74, 6) is 0. The van der Waals surface area contributed by atoms with E-state index in [1.165, 1.54) is 35.2 Å². The first kappa shape index (κ1) is 15.8. The van der Waals surface area contributed by atoms with Crippen LogP contribution in [0.25, 0.3) is 10.2 Å². The van der Waals surface area contributed by atoms with Crippen LogP contribution in [0.5, 0.6) is 0 Å². The minimum atomic E-state index is -0.414. The molecule has 0 aliphatic rings. The summed E-state index contributed by atoms with van der Waals surface area (Å²) >= 11 is 2.72. The Morgan fingerprint density at radius 3 is 3.13 bits per heavy atom. The number of nitrogens with zero attached hydrogens (tertiary/aromatic N) is 6. The molecule has 120 valence electrons. The van der Waals surface area contributed by atoms with Crippen LogP contribution in [-0.2, 0) is 11.3 Å². The Hall–Kier alpha value is -2.11. The highest BCUT2D eigenvalue weighted by Gasteiger charge is 2.14. The third-order valence-corrected chi connectivity index (χ3v) is 5.01. The summed E-state index contributed by atoms with van der Waals surface area (Å²) in [4.78, 5) is 14.9. The average Bonchev–Trinajstić information content (AvgIpc) is 3.13. The summed E-state index contributed by atoms with van der Waals surface area (Å²) in [7, 11) is 1.65. The minimum absolute atomic E-state index is 0.0575. The van der Waals surface area contributed by atoms with Gasteiger partial charge in [-0.15, -0.1) is 16.4 Å². The lowest BCUT2D eigenvalue weighted by molar-refractivity contribution is -0.384. The van der Waals surface area contributed by atoms with Gasteiger partial charge in [0.2, 0.25) is 5.16 Å². The molecule has 2 aromatic heterocycles. The van der Waals surface area contributed by atoms with E-state index in [0.29, 0.717) is 18.3 Å². The molecule has 0 N–H and O–H groups in total. The standard InChI is InChI=1S/C12H12N6O3S2/c1-21-6-2-5-17-11(14-15-16-17)23-12-13-9-4-3-8(18(19)20)7-10(9)22-12/h3-4,7H,2,5-6H2,1H3. The number of aryl methyl sites for hydroxylation is 1. The van der Waals surface area contributed by atoms with Crippen LogP contribution in [0, 0.1) is 10.1 Å². The predicted octanol–water partition coefficient (Wildman–Crippen LogP) is 2.38. The Bertz CT molecular complexity index is 833. The highest BCUT2D eigenvalue weighted by Crippen LogP contribution is 2.34. The number of ether oxygens (including phenoxy) is 1. The maximum absolute atomic E-state index is 10.8. The summed E-state index contributed by atoms with van der Waals surface area (Å²) in [6.45, 7) is 1.29. The van der Waals surface area contributed by atoms with Crippen molar-refractivity contribution >= 4 is 39.0 Å². The molecule has 3 aromatic rings. The van der Waals surface area contributed by atoms with Crippen LogP contribution in [0.3, 0.4) is 0 Å². The van der Waals surface area contributed by atoms with Crippen molar-refractivity contribution in [3.8, 4) is 0 Å². The quantitative estimate of drug-likeness (QED) is 0.362. The second kappa shape index (κ2) is 6.98. The molecule has 0 aliphatic carbocycles. The molecule has 0 bridgehead atoms. The van der Waals surface area contributed by atoms with Gasteiger partial charge < -0.3 is 4.74 Å². The van der Waals surface area contributed by atoms with Gasteiger partial charge in [-0.2, -0.15) is 0 Å². The molecule has 9 nitrogen and oxygen atoms in total. The first-order chi connectivity index (χ1) is 11.2. The number of non-ortho nitro benzene ring substituents is 1. The van der Waals surface area contributed by atoms with Gasteiger partial charge in [-0.3, -0.25) is 10.1 Å². The van der Waals surface area contributed by atoms with E-state index in [1.807, 2.05) is 0 Å². The molecular weight excluding hydrogens is 340 g/mol. The third-order valence-electron chi connectivity index (χ3n) is 2.96. The van der Waals surface area contributed by atoms with Gasteiger partial charge in [0, 0.05) is 32.4 Å². The van der Waals surface area contributed by atoms with E-state index < -0.39 is 4.92 Å². The molecule has 3 rings (SSSR count). The van der Waals surface area contributed by atoms with Crippen LogP contribution < -0.4 is 0 Å². The second-order valence-electron chi connectivity index (χ2n) is 4.52. The molecule has 23 heavy (non-hydrogen) atoms. The van der Waals surface area contributed by atoms with Crippen molar-refractivity contribution in [2.45, 2.75) is 22.5 Å². The number of rotatable bonds is 7. The van der Waals surface area contributed by atoms with Crippen molar-refractivity contribution in [2.24, 2.45) is 0 Å². The molecule has 0 atom stereocenters. The largest absolute Gasteiger partial charge is 0.385 e. The molecule has 0 saturated carbocycles. The van der Waals surface area contributed by atoms with Crippen LogP contribution in [0.1, 0.15) is 6.42 Å². The molecule has 0 saturated heterocycles. The number of tetrazole rings is 1. The van der Waals surface area contributed by atoms with Crippen molar-refractivity contribution in [3.63, 3.8) is 0 Å². The van der Waals surface area contributed by atoms with Crippen molar-refractivity contribution in [1.29, 1.82) is 0 Å². The fourth-order valence-electron chi connectivity index (χ4n) is 1.90. The van der Waals surface area contributed by atoms with E-state index in [-0.39, 0.29) is 5.69 Å². The summed E-state index contributed by atoms with van der Waals surface area (Å²) in [6.07, 6.45) is 0.807. The van der Waals surface area contributed by atoms with Crippen LogP contribution >= 0.6 is 23.1 Å². The number of fused-ring (bicyclic) bond motifs is 1. The van der Waals surface area contributed by atoms with Crippen molar-refractivity contribution in [1.82, 2.24) is 25.2 Å². The zero-order valence-corrected chi connectivity index (χ0v) is 13.7. The minimum Gasteiger partial charge on any atom is -0.385 e. The third kappa shape index (κ3) is 3.63. The topological polar surface area (TPSA) is 109 Å². The van der Waals surface area contributed by atoms with E-state index in [9.17, 15) is 10.1 Å². The summed E-state index contributed by atoms with van der Waals surface area (Å²) in [5, 5.41) is 23.1. The van der Waals surface area contributed by atoms with Gasteiger partial charge in [-0.05, 0) is 34.7 Å². The smallest absolute Gasteiger partial charge is 0.270 e. The number of benzene rings is 1. The lowest BCUT2D eigenvalue weighted by Crippen LogP contribution is -2.04. The zero-order chi connectivity index (χ0) is 16.2. The van der Waals surface area contributed by atoms with Gasteiger partial charge in [0.15, 0.2) is 4.34 Å². The summed E-state index contributed by atoms with van der Waals surface area (Å²) in [5.41, 5.74) is 0.781. The SMILES string of the molecule is COCCCn1nnnc1Sc1nc2ccc([N+](=O)[O-])cc2s1. The van der Waals surface area contributed by atoms with Crippen LogP contribution in [0.15, 0.2) is 27.7 Å². The van der Waals surface area contributed by atoms with E-state index in [1.54, 1.807) is 17.9 Å². The molecule has 1 aromatic carbocycles. The molecule has 0 radical (unpaired) electrons. The molecule has 11 heteroatoms. The van der Waals surface area contributed by atoms with Crippen LogP contribution in [0.4, 0.5) is 5.69 Å². The van der Waals surface area contributed by atoms with Gasteiger partial charge in [-0.25, -0.2) is 9.67 Å². The van der Waals surface area contributed by atoms with Gasteiger partial charge in [0.25, 0.3) is 5.69 Å². The first-order valence-electron chi connectivity index (χ1n) is 6.65. The van der Waals surface area contributed by atoms with Gasteiger partial charge in [0.1, 0.15) is 0 Å². The number of methoxy groups -OCH3 is 1. The number of hydrogen-bond acceptors (Lipinski definition) is 9. The number of aromatic nitrogens is 5. The van der Waals surface area contributed by atoms with Gasteiger partial charge in [-0.1, -0.05) is 0 Å². The second-order valence-corrected chi connectivity index (χ2v) is 6.77. The Morgan fingerprint density at radius 2 is 2.35 bits per heavy atom. The molecule has 0 spiro atoms. The van der Waals surface area contributed by atoms with E-state index in [0.717, 1.165) is 21.0 Å². The van der Waals surface area contributed by atoms with E-state index in [4.69, 9.17) is 4.74 Å². The highest BCUT2D eigenvalue weighted by atomic mass is 32.2. The molecule has 0 amide bonds. The molecule has 0 fully saturated rings. The Kier molecular flexibility index (Phi) is 4.79. The van der Waals surface area contributed by atoms with Crippen molar-refractivity contribution in [3.05, 3.63) is 28.3 Å². The lowest BCUT2D eigenvalue weighted by Gasteiger charge is -2.01. The van der Waals surface area contributed by atoms with Crippen molar-refractivity contribution < 1.29 is 9.66 Å². The van der Waals surface area contributed by atoms with E-state index in [2.05, 4.69) is 20.5 Å². The van der Waals surface area contributed by atoms with Crippen molar-refractivity contribution in [2.75, 3.05) is 13.7 Å². The zero-order valence-electron chi connectivity index (χ0n) is 12.1. The Morgan fingerprint density at radius 1 is 1.48 bits per heavy atom. The summed E-state index contributed by atoms with van der Waals surface area (Å²) in [6, 6.07) is 4.62. The van der Waals surface area contributed by atoms with Crippen LogP contribution in [-0.4, -0.2) is 43.8 Å². The predicted molar refractivity (Wildman–Crippen MR) is 84.7 cm³/mol. The fourth-order valence-corrected chi connectivity index (χ4v) is 3.90. The maximum atomic E-state index is 10.8. The fraction of sp³-hybridized carbons (Fsp3) is 0.333. The van der Waals surface area contributed by atoms with Crippen LogP contribution in [0.2, 0.25) is 0 Å². The molecule has 2 heterocycles. The van der Waals surface area contributed by atoms with Gasteiger partial charge in [0.05, 0.1) is 15.1 Å². The number of nitro groups is 1. The molecule has 0 unspecified atom stereocenters. The lowest BCUT2D eigenvalue weighted by atomic mass is 10.3. The number of thiazole rings is 1. The monoisotopic (exact) mass is 352 g/mol. The summed E-state index contributed by atoms with van der Waals surface area (Å²) < 4.78 is 8.21. The first-order valence-corrected chi connectivity index (χ1v) is 8.28. The molecular formula is C12H12N6O3S2. The highest BCUT2D eigenvalue weighted by molar-refractivity contribution is 8.01. The Labute approximate surface area is 138 Å². The van der Waals surface area contributed by atoms with E-state index >= 15 is 0 Å².